The highest BCUT2D eigenvalue weighted by atomic mass is 16.4. The van der Waals surface area contributed by atoms with Crippen LogP contribution in [0.1, 0.15) is 17.3 Å². The van der Waals surface area contributed by atoms with Gasteiger partial charge in [-0.3, -0.25) is 9.59 Å². The fourth-order valence-corrected chi connectivity index (χ4v) is 1.30. The summed E-state index contributed by atoms with van der Waals surface area (Å²) in [4.78, 5) is 33.4. The van der Waals surface area contributed by atoms with Crippen molar-refractivity contribution in [1.29, 1.82) is 0 Å². The molecular formula is C12H14N2O4. The van der Waals surface area contributed by atoms with Crippen molar-refractivity contribution in [3.05, 3.63) is 35.9 Å². The molecule has 0 fully saturated rings. The molecule has 2 amide bonds. The zero-order chi connectivity index (χ0) is 13.5. The van der Waals surface area contributed by atoms with E-state index in [9.17, 15) is 14.4 Å². The van der Waals surface area contributed by atoms with Crippen LogP contribution in [0, 0.1) is 0 Å². The molecule has 0 saturated heterocycles. The van der Waals surface area contributed by atoms with E-state index in [-0.39, 0.29) is 12.3 Å². The lowest BCUT2D eigenvalue weighted by atomic mass is 10.1. The van der Waals surface area contributed by atoms with Crippen molar-refractivity contribution in [3.8, 4) is 0 Å². The number of amides is 2. The Morgan fingerprint density at radius 2 is 1.83 bits per heavy atom. The van der Waals surface area contributed by atoms with Crippen molar-refractivity contribution in [1.82, 2.24) is 10.6 Å². The Balaban J connectivity index is 2.44. The van der Waals surface area contributed by atoms with Gasteiger partial charge in [-0.2, -0.15) is 0 Å². The average Bonchev–Trinajstić information content (AvgIpc) is 2.35. The molecule has 0 heterocycles. The molecule has 0 spiro atoms. The van der Waals surface area contributed by atoms with Gasteiger partial charge in [-0.15, -0.1) is 0 Å². The second-order valence-electron chi connectivity index (χ2n) is 3.68. The zero-order valence-corrected chi connectivity index (χ0v) is 9.84. The number of Topliss-reactive ketones (excluding diaryl/α,β-unsaturated/α-hetero) is 1. The molecule has 1 aromatic carbocycles. The van der Waals surface area contributed by atoms with E-state index in [1.165, 1.54) is 6.92 Å². The third kappa shape index (κ3) is 4.25. The first kappa shape index (κ1) is 13.7. The van der Waals surface area contributed by atoms with Gasteiger partial charge in [-0.25, -0.2) is 4.79 Å². The number of carboxylic acid groups (broad SMARTS) is 1. The Kier molecular flexibility index (Phi) is 4.86. The molecule has 1 unspecified atom stereocenters. The van der Waals surface area contributed by atoms with Gasteiger partial charge in [0.15, 0.2) is 5.78 Å². The number of ketones is 1. The Hall–Kier alpha value is -2.37. The third-order valence-electron chi connectivity index (χ3n) is 2.25. The van der Waals surface area contributed by atoms with Crippen LogP contribution in [0.5, 0.6) is 0 Å². The monoisotopic (exact) mass is 250 g/mol. The van der Waals surface area contributed by atoms with Gasteiger partial charge in [-0.05, 0) is 6.92 Å². The number of benzene rings is 1. The summed E-state index contributed by atoms with van der Waals surface area (Å²) in [5.41, 5.74) is 0.497. The minimum atomic E-state index is -1.29. The second kappa shape index (κ2) is 6.39. The topological polar surface area (TPSA) is 95.5 Å². The maximum atomic E-state index is 11.6. The molecule has 0 saturated carbocycles. The van der Waals surface area contributed by atoms with Gasteiger partial charge >= 0.3 is 6.09 Å². The molecule has 1 atom stereocenters. The molecule has 3 N–H and O–H groups in total. The smallest absolute Gasteiger partial charge is 0.405 e. The van der Waals surface area contributed by atoms with Crippen LogP contribution in [-0.2, 0) is 4.79 Å². The molecule has 1 aromatic rings. The van der Waals surface area contributed by atoms with E-state index in [0.29, 0.717) is 5.56 Å². The maximum Gasteiger partial charge on any atom is 0.405 e. The largest absolute Gasteiger partial charge is 0.465 e. The van der Waals surface area contributed by atoms with Gasteiger partial charge in [0.1, 0.15) is 6.04 Å². The molecular weight excluding hydrogens is 236 g/mol. The summed E-state index contributed by atoms with van der Waals surface area (Å²) in [6.45, 7) is 1.24. The van der Waals surface area contributed by atoms with Crippen molar-refractivity contribution in [2.75, 3.05) is 6.54 Å². The van der Waals surface area contributed by atoms with Crippen LogP contribution in [0.15, 0.2) is 30.3 Å². The SMILES string of the molecule is CC(NC(=O)O)C(=O)NCC(=O)c1ccccc1. The summed E-state index contributed by atoms with van der Waals surface area (Å²) < 4.78 is 0. The number of nitrogens with one attached hydrogen (secondary N) is 2. The minimum Gasteiger partial charge on any atom is -0.465 e. The summed E-state index contributed by atoms with van der Waals surface area (Å²) in [5, 5.41) is 12.8. The number of carbonyl (C=O) groups excluding carboxylic acids is 2. The Morgan fingerprint density at radius 3 is 2.39 bits per heavy atom. The number of rotatable bonds is 5. The molecule has 0 aromatic heterocycles. The molecule has 1 rings (SSSR count). The van der Waals surface area contributed by atoms with E-state index in [0.717, 1.165) is 0 Å². The average molecular weight is 250 g/mol. The van der Waals surface area contributed by atoms with Crippen LogP contribution >= 0.6 is 0 Å². The Bertz CT molecular complexity index is 445. The van der Waals surface area contributed by atoms with Gasteiger partial charge in [0.2, 0.25) is 5.91 Å². The first-order valence-corrected chi connectivity index (χ1v) is 5.36. The zero-order valence-electron chi connectivity index (χ0n) is 9.84. The van der Waals surface area contributed by atoms with E-state index in [1.54, 1.807) is 30.3 Å². The summed E-state index contributed by atoms with van der Waals surface area (Å²) in [6, 6.07) is 7.63. The highest BCUT2D eigenvalue weighted by Crippen LogP contribution is 1.98. The Labute approximate surface area is 104 Å². The van der Waals surface area contributed by atoms with Crippen molar-refractivity contribution < 1.29 is 19.5 Å². The van der Waals surface area contributed by atoms with Crippen molar-refractivity contribution >= 4 is 17.8 Å². The molecule has 18 heavy (non-hydrogen) atoms. The van der Waals surface area contributed by atoms with Gasteiger partial charge in [0.05, 0.1) is 6.54 Å². The lowest BCUT2D eigenvalue weighted by molar-refractivity contribution is -0.122. The first-order chi connectivity index (χ1) is 8.50. The van der Waals surface area contributed by atoms with Crippen molar-refractivity contribution in [2.45, 2.75) is 13.0 Å². The lowest BCUT2D eigenvalue weighted by Crippen LogP contribution is -2.45. The van der Waals surface area contributed by atoms with Crippen LogP contribution in [0.3, 0.4) is 0 Å². The first-order valence-electron chi connectivity index (χ1n) is 5.36. The van der Waals surface area contributed by atoms with E-state index >= 15 is 0 Å². The fraction of sp³-hybridized carbons (Fsp3) is 0.250. The third-order valence-corrected chi connectivity index (χ3v) is 2.25. The summed E-state index contributed by atoms with van der Waals surface area (Å²) >= 11 is 0. The van der Waals surface area contributed by atoms with E-state index < -0.39 is 18.0 Å². The molecule has 0 aliphatic heterocycles. The Morgan fingerprint density at radius 1 is 1.22 bits per heavy atom. The van der Waals surface area contributed by atoms with Crippen LogP contribution < -0.4 is 10.6 Å². The number of carbonyl (C=O) groups is 3. The number of hydrogen-bond donors (Lipinski definition) is 3. The van der Waals surface area contributed by atoms with Crippen LogP contribution in [0.2, 0.25) is 0 Å². The van der Waals surface area contributed by atoms with Crippen molar-refractivity contribution in [2.24, 2.45) is 0 Å². The van der Waals surface area contributed by atoms with Crippen molar-refractivity contribution in [3.63, 3.8) is 0 Å². The van der Waals surface area contributed by atoms with E-state index in [1.807, 2.05) is 5.32 Å². The second-order valence-corrected chi connectivity index (χ2v) is 3.68. The van der Waals surface area contributed by atoms with Crippen LogP contribution in [-0.4, -0.2) is 35.5 Å². The molecule has 0 bridgehead atoms. The standard InChI is InChI=1S/C12H14N2O4/c1-8(14-12(17)18)11(16)13-7-10(15)9-5-3-2-4-6-9/h2-6,8,14H,7H2,1H3,(H,13,16)(H,17,18). The van der Waals surface area contributed by atoms with Crippen LogP contribution in [0.4, 0.5) is 4.79 Å². The molecule has 0 aliphatic carbocycles. The summed E-state index contributed by atoms with van der Waals surface area (Å²) in [5.74, 6) is -0.770. The fourth-order valence-electron chi connectivity index (χ4n) is 1.30. The predicted octanol–water partition coefficient (Wildman–Crippen LogP) is 0.642. The normalized spacial score (nSPS) is 11.4. The molecule has 6 nitrogen and oxygen atoms in total. The highest BCUT2D eigenvalue weighted by molar-refractivity contribution is 5.99. The summed E-state index contributed by atoms with van der Waals surface area (Å²) in [7, 11) is 0. The molecule has 0 radical (unpaired) electrons. The maximum absolute atomic E-state index is 11.6. The lowest BCUT2D eigenvalue weighted by Gasteiger charge is -2.11. The molecule has 6 heteroatoms. The van der Waals surface area contributed by atoms with Gasteiger partial charge in [0, 0.05) is 5.56 Å². The van der Waals surface area contributed by atoms with E-state index in [4.69, 9.17) is 5.11 Å². The van der Waals surface area contributed by atoms with Crippen LogP contribution in [0.25, 0.3) is 0 Å². The molecule has 96 valence electrons. The molecule has 0 aliphatic rings. The minimum absolute atomic E-state index is 0.158. The summed E-state index contributed by atoms with van der Waals surface area (Å²) in [6.07, 6.45) is -1.29. The van der Waals surface area contributed by atoms with E-state index in [2.05, 4.69) is 5.32 Å². The van der Waals surface area contributed by atoms with Gasteiger partial charge in [0.25, 0.3) is 0 Å². The van der Waals surface area contributed by atoms with Gasteiger partial charge < -0.3 is 15.7 Å². The quantitative estimate of drug-likeness (QED) is 0.668. The highest BCUT2D eigenvalue weighted by Gasteiger charge is 2.15. The predicted molar refractivity (Wildman–Crippen MR) is 64.4 cm³/mol. The van der Waals surface area contributed by atoms with Gasteiger partial charge in [-0.1, -0.05) is 30.3 Å². The number of hydrogen-bond acceptors (Lipinski definition) is 3.